The van der Waals surface area contributed by atoms with Crippen LogP contribution in [0, 0.1) is 12.8 Å². The van der Waals surface area contributed by atoms with Crippen LogP contribution in [0.25, 0.3) is 0 Å². The molecule has 2 aromatic rings. The van der Waals surface area contributed by atoms with E-state index < -0.39 is 16.1 Å². The van der Waals surface area contributed by atoms with Gasteiger partial charge in [-0.25, -0.2) is 13.1 Å². The lowest BCUT2D eigenvalue weighted by atomic mass is 9.97. The van der Waals surface area contributed by atoms with Crippen LogP contribution in [0.2, 0.25) is 0 Å². The molecule has 8 heteroatoms. The molecule has 2 N–H and O–H groups in total. The van der Waals surface area contributed by atoms with Gasteiger partial charge in [0.25, 0.3) is 0 Å². The van der Waals surface area contributed by atoms with Crippen LogP contribution in [0.15, 0.2) is 41.3 Å². The Morgan fingerprint density at radius 2 is 1.65 bits per heavy atom. The number of aryl methyl sites for hydroxylation is 1. The smallest absolute Gasteiger partial charge is 0.241 e. The number of ether oxygens (including phenoxy) is 2. The highest BCUT2D eigenvalue weighted by Crippen LogP contribution is 2.34. The first-order valence-electron chi connectivity index (χ1n) is 10.4. The van der Waals surface area contributed by atoms with Crippen LogP contribution in [0.5, 0.6) is 11.5 Å². The molecule has 31 heavy (non-hydrogen) atoms. The lowest BCUT2D eigenvalue weighted by Gasteiger charge is -2.24. The normalized spacial score (nSPS) is 12.5. The zero-order valence-corrected chi connectivity index (χ0v) is 19.8. The van der Waals surface area contributed by atoms with Crippen molar-refractivity contribution in [3.8, 4) is 11.5 Å². The standard InChI is InChI=1S/C23H32N2O5S/c1-7-29-20-12-10-18(13-21(20)30-8-2)23(15(3)4)25-31(27,28)22-14-19(24-17(6)26)11-9-16(22)5/h9-15,23,25H,7-8H2,1-6H3,(H,24,26)/t23-/m1/s1. The number of benzene rings is 2. The zero-order valence-electron chi connectivity index (χ0n) is 19.0. The van der Waals surface area contributed by atoms with Gasteiger partial charge >= 0.3 is 0 Å². The van der Waals surface area contributed by atoms with Gasteiger partial charge in [0.05, 0.1) is 18.1 Å². The van der Waals surface area contributed by atoms with E-state index in [1.54, 1.807) is 25.1 Å². The van der Waals surface area contributed by atoms with E-state index in [9.17, 15) is 13.2 Å². The van der Waals surface area contributed by atoms with Crippen LogP contribution in [-0.2, 0) is 14.8 Å². The van der Waals surface area contributed by atoms with Crippen LogP contribution < -0.4 is 19.5 Å². The Morgan fingerprint density at radius 3 is 2.23 bits per heavy atom. The number of amides is 1. The molecule has 2 aromatic carbocycles. The van der Waals surface area contributed by atoms with Gasteiger partial charge in [-0.15, -0.1) is 0 Å². The largest absolute Gasteiger partial charge is 0.490 e. The summed E-state index contributed by atoms with van der Waals surface area (Å²) >= 11 is 0. The average molecular weight is 449 g/mol. The van der Waals surface area contributed by atoms with Crippen LogP contribution in [0.3, 0.4) is 0 Å². The van der Waals surface area contributed by atoms with Crippen molar-refractivity contribution in [2.24, 2.45) is 5.92 Å². The van der Waals surface area contributed by atoms with Crippen LogP contribution in [-0.4, -0.2) is 27.5 Å². The van der Waals surface area contributed by atoms with Gasteiger partial charge in [-0.3, -0.25) is 4.79 Å². The molecule has 0 aliphatic rings. The van der Waals surface area contributed by atoms with E-state index in [2.05, 4.69) is 10.0 Å². The highest BCUT2D eigenvalue weighted by molar-refractivity contribution is 7.89. The van der Waals surface area contributed by atoms with Crippen LogP contribution >= 0.6 is 0 Å². The maximum absolute atomic E-state index is 13.3. The summed E-state index contributed by atoms with van der Waals surface area (Å²) < 4.78 is 40.7. The zero-order chi connectivity index (χ0) is 23.2. The number of hydrogen-bond donors (Lipinski definition) is 2. The van der Waals surface area contributed by atoms with Crippen molar-refractivity contribution in [2.45, 2.75) is 52.5 Å². The highest BCUT2D eigenvalue weighted by atomic mass is 32.2. The van der Waals surface area contributed by atoms with E-state index in [0.717, 1.165) is 5.56 Å². The first-order chi connectivity index (χ1) is 14.6. The topological polar surface area (TPSA) is 93.7 Å². The lowest BCUT2D eigenvalue weighted by molar-refractivity contribution is -0.114. The lowest BCUT2D eigenvalue weighted by Crippen LogP contribution is -2.32. The predicted octanol–water partition coefficient (Wildman–Crippen LogP) is 4.43. The molecule has 1 atom stereocenters. The van der Waals surface area contributed by atoms with Gasteiger partial charge in [-0.05, 0) is 62.1 Å². The second-order valence-corrected chi connectivity index (χ2v) is 9.26. The van der Waals surface area contributed by atoms with Gasteiger partial charge < -0.3 is 14.8 Å². The number of nitrogens with one attached hydrogen (secondary N) is 2. The van der Waals surface area contributed by atoms with E-state index >= 15 is 0 Å². The summed E-state index contributed by atoms with van der Waals surface area (Å²) in [5, 5.41) is 2.63. The molecule has 7 nitrogen and oxygen atoms in total. The molecular formula is C23H32N2O5S. The molecule has 0 fully saturated rings. The maximum atomic E-state index is 13.3. The summed E-state index contributed by atoms with van der Waals surface area (Å²) in [6, 6.07) is 9.81. The molecule has 0 aliphatic heterocycles. The van der Waals surface area contributed by atoms with Gasteiger partial charge in [0.15, 0.2) is 11.5 Å². The molecule has 170 valence electrons. The monoisotopic (exact) mass is 448 g/mol. The average Bonchev–Trinajstić information content (AvgIpc) is 2.69. The Labute approximate surface area is 185 Å². The van der Waals surface area contributed by atoms with E-state index in [1.165, 1.54) is 13.0 Å². The summed E-state index contributed by atoms with van der Waals surface area (Å²) in [5.41, 5.74) is 1.80. The third kappa shape index (κ3) is 6.45. The number of hydrogen-bond acceptors (Lipinski definition) is 5. The molecule has 0 unspecified atom stereocenters. The Hall–Kier alpha value is -2.58. The van der Waals surface area contributed by atoms with Crippen LogP contribution in [0.4, 0.5) is 5.69 Å². The van der Waals surface area contributed by atoms with E-state index in [-0.39, 0.29) is 16.7 Å². The van der Waals surface area contributed by atoms with Gasteiger partial charge in [0.1, 0.15) is 0 Å². The molecular weight excluding hydrogens is 416 g/mol. The highest BCUT2D eigenvalue weighted by Gasteiger charge is 2.26. The fraction of sp³-hybridized carbons (Fsp3) is 0.435. The third-order valence-electron chi connectivity index (χ3n) is 4.67. The molecule has 0 heterocycles. The van der Waals surface area contributed by atoms with Gasteiger partial charge in [0, 0.05) is 18.7 Å². The quantitative estimate of drug-likeness (QED) is 0.561. The maximum Gasteiger partial charge on any atom is 0.241 e. The fourth-order valence-corrected chi connectivity index (χ4v) is 4.89. The Bertz CT molecular complexity index is 1020. The summed E-state index contributed by atoms with van der Waals surface area (Å²) in [6.07, 6.45) is 0. The van der Waals surface area contributed by atoms with Crippen molar-refractivity contribution in [1.29, 1.82) is 0 Å². The van der Waals surface area contributed by atoms with E-state index in [1.807, 2.05) is 39.8 Å². The van der Waals surface area contributed by atoms with E-state index in [0.29, 0.717) is 36.0 Å². The van der Waals surface area contributed by atoms with Crippen molar-refractivity contribution >= 4 is 21.6 Å². The molecule has 0 saturated heterocycles. The van der Waals surface area contributed by atoms with Crippen molar-refractivity contribution in [3.63, 3.8) is 0 Å². The molecule has 2 rings (SSSR count). The van der Waals surface area contributed by atoms with Crippen molar-refractivity contribution < 1.29 is 22.7 Å². The third-order valence-corrected chi connectivity index (χ3v) is 6.26. The number of carbonyl (C=O) groups excluding carboxylic acids is 1. The fourth-order valence-electron chi connectivity index (χ4n) is 3.25. The minimum Gasteiger partial charge on any atom is -0.490 e. The molecule has 0 spiro atoms. The first-order valence-corrected chi connectivity index (χ1v) is 11.9. The van der Waals surface area contributed by atoms with Crippen molar-refractivity contribution in [3.05, 3.63) is 47.5 Å². The number of sulfonamides is 1. The van der Waals surface area contributed by atoms with E-state index in [4.69, 9.17) is 9.47 Å². The van der Waals surface area contributed by atoms with Crippen LogP contribution in [0.1, 0.15) is 51.8 Å². The number of rotatable bonds is 10. The Morgan fingerprint density at radius 1 is 1.00 bits per heavy atom. The first kappa shape index (κ1) is 24.7. The molecule has 0 saturated carbocycles. The molecule has 0 bridgehead atoms. The molecule has 1 amide bonds. The molecule has 0 aromatic heterocycles. The minimum absolute atomic E-state index is 0.0268. The van der Waals surface area contributed by atoms with Gasteiger partial charge in [-0.1, -0.05) is 26.0 Å². The number of anilines is 1. The SMILES string of the molecule is CCOc1ccc([C@H](NS(=O)(=O)c2cc(NC(C)=O)ccc2C)C(C)C)cc1OCC. The van der Waals surface area contributed by atoms with Crippen molar-refractivity contribution in [1.82, 2.24) is 4.72 Å². The predicted molar refractivity (Wildman–Crippen MR) is 122 cm³/mol. The summed E-state index contributed by atoms with van der Waals surface area (Å²) in [4.78, 5) is 11.5. The second kappa shape index (κ2) is 10.6. The van der Waals surface area contributed by atoms with Gasteiger partial charge in [-0.2, -0.15) is 0 Å². The summed E-state index contributed by atoms with van der Waals surface area (Å²) in [5.74, 6) is 0.909. The Balaban J connectivity index is 2.43. The molecule has 0 aliphatic carbocycles. The number of carbonyl (C=O) groups is 1. The van der Waals surface area contributed by atoms with Gasteiger partial charge in [0.2, 0.25) is 15.9 Å². The summed E-state index contributed by atoms with van der Waals surface area (Å²) in [7, 11) is -3.86. The molecule has 0 radical (unpaired) electrons. The second-order valence-electron chi connectivity index (χ2n) is 7.58. The minimum atomic E-state index is -3.86. The van der Waals surface area contributed by atoms with Crippen molar-refractivity contribution in [2.75, 3.05) is 18.5 Å². The summed E-state index contributed by atoms with van der Waals surface area (Å²) in [6.45, 7) is 11.8. The Kier molecular flexibility index (Phi) is 8.47.